The van der Waals surface area contributed by atoms with Crippen molar-refractivity contribution in [1.82, 2.24) is 5.32 Å². The van der Waals surface area contributed by atoms with E-state index in [4.69, 9.17) is 9.84 Å². The smallest absolute Gasteiger partial charge is 0.308 e. The number of carbonyl (C=O) groups excluding carboxylic acids is 1. The number of carboxylic acid groups (broad SMARTS) is 1. The van der Waals surface area contributed by atoms with Gasteiger partial charge in [-0.25, -0.2) is 0 Å². The Bertz CT molecular complexity index is 484. The summed E-state index contributed by atoms with van der Waals surface area (Å²) >= 11 is 0. The molecule has 0 aliphatic heterocycles. The van der Waals surface area contributed by atoms with E-state index >= 15 is 0 Å². The maximum Gasteiger partial charge on any atom is 0.308 e. The van der Waals surface area contributed by atoms with Gasteiger partial charge < -0.3 is 15.2 Å². The Morgan fingerprint density at radius 1 is 1.24 bits per heavy atom. The Labute approximate surface area is 125 Å². The van der Waals surface area contributed by atoms with Gasteiger partial charge in [0.25, 0.3) is 0 Å². The number of benzene rings is 1. The first kappa shape index (κ1) is 17.0. The summed E-state index contributed by atoms with van der Waals surface area (Å²) in [5.74, 6) is -1.24. The van der Waals surface area contributed by atoms with E-state index in [1.807, 2.05) is 31.2 Å². The fraction of sp³-hybridized carbons (Fsp3) is 0.500. The third kappa shape index (κ3) is 4.48. The number of nitrogens with one attached hydrogen (secondary N) is 1. The van der Waals surface area contributed by atoms with Crippen LogP contribution in [0.15, 0.2) is 24.3 Å². The van der Waals surface area contributed by atoms with E-state index in [1.54, 1.807) is 21.0 Å². The molecule has 3 atom stereocenters. The van der Waals surface area contributed by atoms with Gasteiger partial charge in [-0.15, -0.1) is 0 Å². The Balaban J connectivity index is 2.79. The second kappa shape index (κ2) is 7.67. The zero-order valence-electron chi connectivity index (χ0n) is 12.9. The quantitative estimate of drug-likeness (QED) is 0.809. The topological polar surface area (TPSA) is 75.6 Å². The number of aliphatic carboxylic acids is 1. The molecule has 5 heteroatoms. The molecule has 3 unspecified atom stereocenters. The van der Waals surface area contributed by atoms with Crippen LogP contribution in [-0.4, -0.2) is 30.1 Å². The Kier molecular flexibility index (Phi) is 6.21. The first-order chi connectivity index (χ1) is 9.90. The van der Waals surface area contributed by atoms with Crippen LogP contribution in [0.25, 0.3) is 0 Å². The monoisotopic (exact) mass is 293 g/mol. The van der Waals surface area contributed by atoms with Gasteiger partial charge in [-0.1, -0.05) is 19.1 Å². The molecule has 5 nitrogen and oxygen atoms in total. The summed E-state index contributed by atoms with van der Waals surface area (Å²) in [6.07, 6.45) is 0.645. The van der Waals surface area contributed by atoms with Gasteiger partial charge in [0, 0.05) is 6.04 Å². The highest BCUT2D eigenvalue weighted by Gasteiger charge is 2.25. The SMILES string of the molecule is CCC(C(=O)NC(C)C(C)C(=O)O)c1ccc(OC)cc1. The highest BCUT2D eigenvalue weighted by Crippen LogP contribution is 2.23. The van der Waals surface area contributed by atoms with Gasteiger partial charge in [-0.3, -0.25) is 9.59 Å². The predicted octanol–water partition coefficient (Wildman–Crippen LogP) is 2.41. The van der Waals surface area contributed by atoms with E-state index in [2.05, 4.69) is 5.32 Å². The van der Waals surface area contributed by atoms with Crippen LogP contribution >= 0.6 is 0 Å². The van der Waals surface area contributed by atoms with Crippen molar-refractivity contribution in [1.29, 1.82) is 0 Å². The number of hydrogen-bond acceptors (Lipinski definition) is 3. The molecule has 2 N–H and O–H groups in total. The second-order valence-electron chi connectivity index (χ2n) is 5.16. The van der Waals surface area contributed by atoms with Crippen LogP contribution in [0.2, 0.25) is 0 Å². The highest BCUT2D eigenvalue weighted by molar-refractivity contribution is 5.84. The highest BCUT2D eigenvalue weighted by atomic mass is 16.5. The van der Waals surface area contributed by atoms with Crippen LogP contribution in [0.4, 0.5) is 0 Å². The van der Waals surface area contributed by atoms with Crippen LogP contribution in [-0.2, 0) is 9.59 Å². The van der Waals surface area contributed by atoms with Crippen molar-refractivity contribution in [3.8, 4) is 5.75 Å². The molecule has 0 spiro atoms. The number of amides is 1. The Morgan fingerprint density at radius 2 is 1.81 bits per heavy atom. The zero-order valence-corrected chi connectivity index (χ0v) is 12.9. The lowest BCUT2D eigenvalue weighted by Gasteiger charge is -2.22. The van der Waals surface area contributed by atoms with Gasteiger partial charge in [0.05, 0.1) is 18.9 Å². The molecule has 0 heterocycles. The molecule has 0 aliphatic rings. The molecule has 0 aliphatic carbocycles. The number of hydrogen-bond donors (Lipinski definition) is 2. The number of carbonyl (C=O) groups is 2. The molecule has 0 saturated heterocycles. The molecule has 1 aromatic carbocycles. The van der Waals surface area contributed by atoms with Gasteiger partial charge in [0.1, 0.15) is 5.75 Å². The predicted molar refractivity (Wildman–Crippen MR) is 80.4 cm³/mol. The molecule has 21 heavy (non-hydrogen) atoms. The lowest BCUT2D eigenvalue weighted by Crippen LogP contribution is -2.42. The zero-order chi connectivity index (χ0) is 16.0. The summed E-state index contributed by atoms with van der Waals surface area (Å²) in [6, 6.07) is 6.93. The minimum atomic E-state index is -0.916. The van der Waals surface area contributed by atoms with Crippen LogP contribution < -0.4 is 10.1 Å². The van der Waals surface area contributed by atoms with Crippen molar-refractivity contribution < 1.29 is 19.4 Å². The van der Waals surface area contributed by atoms with Crippen LogP contribution in [0.1, 0.15) is 38.7 Å². The summed E-state index contributed by atoms with van der Waals surface area (Å²) < 4.78 is 5.10. The average Bonchev–Trinajstić information content (AvgIpc) is 2.47. The maximum absolute atomic E-state index is 12.3. The van der Waals surface area contributed by atoms with Crippen molar-refractivity contribution in [3.63, 3.8) is 0 Å². The summed E-state index contributed by atoms with van der Waals surface area (Å²) in [4.78, 5) is 23.3. The summed E-state index contributed by atoms with van der Waals surface area (Å²) in [7, 11) is 1.59. The number of rotatable bonds is 7. The largest absolute Gasteiger partial charge is 0.497 e. The molecular formula is C16H23NO4. The Morgan fingerprint density at radius 3 is 2.24 bits per heavy atom. The van der Waals surface area contributed by atoms with Crippen molar-refractivity contribution in [2.24, 2.45) is 5.92 Å². The maximum atomic E-state index is 12.3. The van der Waals surface area contributed by atoms with Gasteiger partial charge in [0.2, 0.25) is 5.91 Å². The molecule has 0 radical (unpaired) electrons. The minimum absolute atomic E-state index is 0.150. The molecular weight excluding hydrogens is 270 g/mol. The second-order valence-corrected chi connectivity index (χ2v) is 5.16. The first-order valence-corrected chi connectivity index (χ1v) is 7.07. The van der Waals surface area contributed by atoms with Gasteiger partial charge in [-0.05, 0) is 38.0 Å². The van der Waals surface area contributed by atoms with Gasteiger partial charge in [-0.2, -0.15) is 0 Å². The summed E-state index contributed by atoms with van der Waals surface area (Å²) in [6.45, 7) is 5.22. The number of ether oxygens (including phenoxy) is 1. The van der Waals surface area contributed by atoms with E-state index in [9.17, 15) is 9.59 Å². The third-order valence-electron chi connectivity index (χ3n) is 3.75. The third-order valence-corrected chi connectivity index (χ3v) is 3.75. The van der Waals surface area contributed by atoms with Gasteiger partial charge >= 0.3 is 5.97 Å². The lowest BCUT2D eigenvalue weighted by atomic mass is 9.94. The molecule has 0 saturated carbocycles. The van der Waals surface area contributed by atoms with Crippen molar-refractivity contribution >= 4 is 11.9 Å². The van der Waals surface area contributed by atoms with E-state index in [0.717, 1.165) is 11.3 Å². The fourth-order valence-corrected chi connectivity index (χ4v) is 2.07. The summed E-state index contributed by atoms with van der Waals surface area (Å²) in [5, 5.41) is 11.8. The molecule has 1 amide bonds. The number of carboxylic acids is 1. The Hall–Kier alpha value is -2.04. The number of methoxy groups -OCH3 is 1. The molecule has 116 valence electrons. The summed E-state index contributed by atoms with van der Waals surface area (Å²) in [5.41, 5.74) is 0.894. The van der Waals surface area contributed by atoms with Gasteiger partial charge in [0.15, 0.2) is 0 Å². The molecule has 1 rings (SSSR count). The molecule has 0 bridgehead atoms. The van der Waals surface area contributed by atoms with E-state index < -0.39 is 17.9 Å². The lowest BCUT2D eigenvalue weighted by molar-refractivity contribution is -0.142. The van der Waals surface area contributed by atoms with E-state index in [1.165, 1.54) is 0 Å². The fourth-order valence-electron chi connectivity index (χ4n) is 2.07. The van der Waals surface area contributed by atoms with Crippen LogP contribution in [0, 0.1) is 5.92 Å². The molecule has 1 aromatic rings. The molecule has 0 aromatic heterocycles. The minimum Gasteiger partial charge on any atom is -0.497 e. The van der Waals surface area contributed by atoms with Crippen molar-refractivity contribution in [2.75, 3.05) is 7.11 Å². The van der Waals surface area contributed by atoms with E-state index in [0.29, 0.717) is 6.42 Å². The normalized spacial score (nSPS) is 14.9. The van der Waals surface area contributed by atoms with Crippen LogP contribution in [0.3, 0.4) is 0 Å². The standard InChI is InChI=1S/C16H23NO4/c1-5-14(12-6-8-13(21-4)9-7-12)15(18)17-11(3)10(2)16(19)20/h6-11,14H,5H2,1-4H3,(H,17,18)(H,19,20). The van der Waals surface area contributed by atoms with E-state index in [-0.39, 0.29) is 11.8 Å². The first-order valence-electron chi connectivity index (χ1n) is 7.07. The molecule has 0 fully saturated rings. The average molecular weight is 293 g/mol. The van der Waals surface area contributed by atoms with Crippen molar-refractivity contribution in [3.05, 3.63) is 29.8 Å². The van der Waals surface area contributed by atoms with Crippen molar-refractivity contribution in [2.45, 2.75) is 39.2 Å². The van der Waals surface area contributed by atoms with Crippen LogP contribution in [0.5, 0.6) is 5.75 Å².